The third kappa shape index (κ3) is 3.88. The second kappa shape index (κ2) is 8.09. The van der Waals surface area contributed by atoms with E-state index in [0.29, 0.717) is 28.6 Å². The monoisotopic (exact) mass is 384 g/mol. The number of anilines is 1. The molecule has 1 N–H and O–H groups in total. The van der Waals surface area contributed by atoms with Crippen LogP contribution in [-0.2, 0) is 0 Å². The third-order valence-electron chi connectivity index (χ3n) is 3.96. The molecule has 1 amide bonds. The molecule has 0 fully saturated rings. The molecule has 6 nitrogen and oxygen atoms in total. The first kappa shape index (κ1) is 18.7. The Morgan fingerprint density at radius 1 is 1.00 bits per heavy atom. The summed E-state index contributed by atoms with van der Waals surface area (Å²) in [4.78, 5) is 18.1. The van der Waals surface area contributed by atoms with E-state index in [4.69, 9.17) is 14.2 Å². The first-order valence-corrected chi connectivity index (χ1v) is 9.03. The zero-order chi connectivity index (χ0) is 19.4. The van der Waals surface area contributed by atoms with Gasteiger partial charge in [0.1, 0.15) is 10.7 Å². The number of ether oxygens (including phenoxy) is 3. The predicted octanol–water partition coefficient (Wildman–Crippen LogP) is 4.40. The molecule has 0 spiro atoms. The molecule has 0 unspecified atom stereocenters. The number of aryl methyl sites for hydroxylation is 1. The average molecular weight is 384 g/mol. The van der Waals surface area contributed by atoms with Crippen LogP contribution in [0.2, 0.25) is 0 Å². The van der Waals surface area contributed by atoms with Crippen molar-refractivity contribution in [2.24, 2.45) is 0 Å². The number of aromatic nitrogens is 1. The summed E-state index contributed by atoms with van der Waals surface area (Å²) in [5.41, 5.74) is 1.91. The number of nitrogens with one attached hydrogen (secondary N) is 1. The molecule has 140 valence electrons. The van der Waals surface area contributed by atoms with Crippen molar-refractivity contribution in [2.45, 2.75) is 6.92 Å². The van der Waals surface area contributed by atoms with Crippen LogP contribution in [0.25, 0.3) is 10.6 Å². The van der Waals surface area contributed by atoms with Crippen molar-refractivity contribution in [3.63, 3.8) is 0 Å². The SMILES string of the molecule is COc1cc(NC(=O)c2nc(-c3ccccc3)sc2C)cc(OC)c1OC. The number of hydrogen-bond acceptors (Lipinski definition) is 6. The maximum atomic E-state index is 12.8. The lowest BCUT2D eigenvalue weighted by molar-refractivity contribution is 0.102. The molecule has 0 radical (unpaired) electrons. The van der Waals surface area contributed by atoms with E-state index in [-0.39, 0.29) is 5.91 Å². The fourth-order valence-corrected chi connectivity index (χ4v) is 3.57. The number of thiazole rings is 1. The van der Waals surface area contributed by atoms with Crippen molar-refractivity contribution < 1.29 is 19.0 Å². The van der Waals surface area contributed by atoms with Gasteiger partial charge in [-0.1, -0.05) is 30.3 Å². The predicted molar refractivity (Wildman–Crippen MR) is 106 cm³/mol. The van der Waals surface area contributed by atoms with E-state index in [0.717, 1.165) is 15.4 Å². The third-order valence-corrected chi connectivity index (χ3v) is 4.97. The first-order valence-electron chi connectivity index (χ1n) is 8.21. The molecular formula is C20H20N2O4S. The van der Waals surface area contributed by atoms with Gasteiger partial charge in [0.15, 0.2) is 11.5 Å². The van der Waals surface area contributed by atoms with E-state index in [2.05, 4.69) is 10.3 Å². The molecule has 0 atom stereocenters. The van der Waals surface area contributed by atoms with E-state index >= 15 is 0 Å². The van der Waals surface area contributed by atoms with Gasteiger partial charge in [-0.2, -0.15) is 0 Å². The van der Waals surface area contributed by atoms with Gasteiger partial charge >= 0.3 is 0 Å². The molecule has 0 aliphatic carbocycles. The molecule has 7 heteroatoms. The number of hydrogen-bond donors (Lipinski definition) is 1. The van der Waals surface area contributed by atoms with Gasteiger partial charge in [-0.15, -0.1) is 11.3 Å². The maximum Gasteiger partial charge on any atom is 0.275 e. The van der Waals surface area contributed by atoms with Crippen LogP contribution in [-0.4, -0.2) is 32.2 Å². The number of carbonyl (C=O) groups excluding carboxylic acids is 1. The molecule has 27 heavy (non-hydrogen) atoms. The minimum atomic E-state index is -0.291. The Kier molecular flexibility index (Phi) is 5.61. The summed E-state index contributed by atoms with van der Waals surface area (Å²) < 4.78 is 15.9. The van der Waals surface area contributed by atoms with Crippen LogP contribution in [0.4, 0.5) is 5.69 Å². The smallest absolute Gasteiger partial charge is 0.275 e. The molecule has 1 heterocycles. The van der Waals surface area contributed by atoms with Gasteiger partial charge in [0.25, 0.3) is 5.91 Å². The molecule has 2 aromatic carbocycles. The first-order chi connectivity index (χ1) is 13.1. The number of rotatable bonds is 6. The van der Waals surface area contributed by atoms with Crippen molar-refractivity contribution in [3.8, 4) is 27.8 Å². The van der Waals surface area contributed by atoms with E-state index in [9.17, 15) is 4.79 Å². The van der Waals surface area contributed by atoms with Gasteiger partial charge in [0.05, 0.1) is 21.3 Å². The van der Waals surface area contributed by atoms with Crippen LogP contribution in [0.1, 0.15) is 15.4 Å². The molecule has 0 saturated carbocycles. The summed E-state index contributed by atoms with van der Waals surface area (Å²) in [7, 11) is 4.58. The van der Waals surface area contributed by atoms with E-state index in [1.807, 2.05) is 37.3 Å². The van der Waals surface area contributed by atoms with Gasteiger partial charge < -0.3 is 19.5 Å². The lowest BCUT2D eigenvalue weighted by atomic mass is 10.2. The molecule has 0 saturated heterocycles. The van der Waals surface area contributed by atoms with Crippen LogP contribution < -0.4 is 19.5 Å². The van der Waals surface area contributed by atoms with Gasteiger partial charge in [-0.05, 0) is 6.92 Å². The average Bonchev–Trinajstić information content (AvgIpc) is 3.09. The van der Waals surface area contributed by atoms with Crippen molar-refractivity contribution in [1.82, 2.24) is 4.98 Å². The van der Waals surface area contributed by atoms with Crippen LogP contribution in [0.3, 0.4) is 0 Å². The standard InChI is InChI=1S/C20H20N2O4S/c1-12-17(22-20(27-12)13-8-6-5-7-9-13)19(23)21-14-10-15(24-2)18(26-4)16(11-14)25-3/h5-11H,1-4H3,(H,21,23). The second-order valence-electron chi connectivity index (χ2n) is 5.66. The highest BCUT2D eigenvalue weighted by molar-refractivity contribution is 7.15. The Bertz CT molecular complexity index is 929. The molecular weight excluding hydrogens is 364 g/mol. The Hall–Kier alpha value is -3.06. The van der Waals surface area contributed by atoms with Crippen molar-refractivity contribution in [1.29, 1.82) is 0 Å². The summed E-state index contributed by atoms with van der Waals surface area (Å²) in [6, 6.07) is 13.1. The Labute approximate surface area is 161 Å². The number of methoxy groups -OCH3 is 3. The lowest BCUT2D eigenvalue weighted by Gasteiger charge is -2.14. The molecule has 0 bridgehead atoms. The summed E-state index contributed by atoms with van der Waals surface area (Å²) in [6.45, 7) is 1.88. The summed E-state index contributed by atoms with van der Waals surface area (Å²) in [6.07, 6.45) is 0. The summed E-state index contributed by atoms with van der Waals surface area (Å²) in [5, 5.41) is 3.66. The highest BCUT2D eigenvalue weighted by atomic mass is 32.1. The summed E-state index contributed by atoms with van der Waals surface area (Å²) in [5.74, 6) is 1.11. The number of nitrogens with zero attached hydrogens (tertiary/aromatic N) is 1. The highest BCUT2D eigenvalue weighted by Crippen LogP contribution is 2.40. The topological polar surface area (TPSA) is 69.7 Å². The molecule has 1 aromatic heterocycles. The lowest BCUT2D eigenvalue weighted by Crippen LogP contribution is -2.14. The quantitative estimate of drug-likeness (QED) is 0.682. The highest BCUT2D eigenvalue weighted by Gasteiger charge is 2.19. The van der Waals surface area contributed by atoms with Crippen molar-refractivity contribution in [3.05, 3.63) is 53.0 Å². The molecule has 0 aliphatic rings. The van der Waals surface area contributed by atoms with Gasteiger partial charge in [-0.25, -0.2) is 4.98 Å². The Morgan fingerprint density at radius 3 is 2.19 bits per heavy atom. The van der Waals surface area contributed by atoms with Crippen LogP contribution >= 0.6 is 11.3 Å². The molecule has 3 aromatic rings. The number of carbonyl (C=O) groups is 1. The number of benzene rings is 2. The fourth-order valence-electron chi connectivity index (χ4n) is 2.65. The largest absolute Gasteiger partial charge is 0.493 e. The van der Waals surface area contributed by atoms with Crippen LogP contribution in [0, 0.1) is 6.92 Å². The summed E-state index contributed by atoms with van der Waals surface area (Å²) >= 11 is 1.49. The van der Waals surface area contributed by atoms with E-state index in [1.165, 1.54) is 32.7 Å². The van der Waals surface area contributed by atoms with Crippen molar-refractivity contribution in [2.75, 3.05) is 26.6 Å². The number of amides is 1. The minimum Gasteiger partial charge on any atom is -0.493 e. The maximum absolute atomic E-state index is 12.8. The van der Waals surface area contributed by atoms with E-state index < -0.39 is 0 Å². The van der Waals surface area contributed by atoms with Gasteiger partial charge in [0.2, 0.25) is 5.75 Å². The zero-order valence-electron chi connectivity index (χ0n) is 15.5. The minimum absolute atomic E-state index is 0.291. The van der Waals surface area contributed by atoms with Crippen LogP contribution in [0.15, 0.2) is 42.5 Å². The second-order valence-corrected chi connectivity index (χ2v) is 6.86. The fraction of sp³-hybridized carbons (Fsp3) is 0.200. The zero-order valence-corrected chi connectivity index (χ0v) is 16.3. The Morgan fingerprint density at radius 2 is 1.63 bits per heavy atom. The van der Waals surface area contributed by atoms with Gasteiger partial charge in [-0.3, -0.25) is 4.79 Å². The Balaban J connectivity index is 1.89. The normalized spacial score (nSPS) is 10.4. The van der Waals surface area contributed by atoms with Crippen LogP contribution in [0.5, 0.6) is 17.2 Å². The molecule has 0 aliphatic heterocycles. The van der Waals surface area contributed by atoms with Gasteiger partial charge in [0, 0.05) is 28.3 Å². The van der Waals surface area contributed by atoms with E-state index in [1.54, 1.807) is 12.1 Å². The molecule has 3 rings (SSSR count). The van der Waals surface area contributed by atoms with Crippen molar-refractivity contribution >= 4 is 22.9 Å².